The van der Waals surface area contributed by atoms with Crippen LogP contribution in [0.1, 0.15) is 33.2 Å². The number of carbonyl (C=O) groups excluding carboxylic acids is 1. The van der Waals surface area contributed by atoms with Crippen LogP contribution in [0, 0.1) is 15.9 Å². The Balaban J connectivity index is 2.13. The predicted molar refractivity (Wildman–Crippen MR) is 89.0 cm³/mol. The first kappa shape index (κ1) is 18.4. The normalized spacial score (nSPS) is 13.1. The number of rotatable bonds is 7. The lowest BCUT2D eigenvalue weighted by molar-refractivity contribution is -0.386. The van der Waals surface area contributed by atoms with Gasteiger partial charge in [0.05, 0.1) is 17.2 Å². The molecular formula is C16H19FN4O4. The Morgan fingerprint density at radius 2 is 2.16 bits per heavy atom. The number of halogens is 1. The van der Waals surface area contributed by atoms with E-state index in [9.17, 15) is 19.3 Å². The number of carbonyl (C=O) groups is 1. The Labute approximate surface area is 143 Å². The van der Waals surface area contributed by atoms with Crippen LogP contribution in [0.2, 0.25) is 0 Å². The molecule has 0 aliphatic carbocycles. The Hall–Kier alpha value is -2.97. The maximum Gasteiger partial charge on any atom is 0.311 e. The number of nitrogens with one attached hydrogen (secondary N) is 1. The van der Waals surface area contributed by atoms with E-state index >= 15 is 0 Å². The quantitative estimate of drug-likeness (QED) is 0.610. The van der Waals surface area contributed by atoms with E-state index in [4.69, 9.17) is 4.74 Å². The molecular weight excluding hydrogens is 331 g/mol. The van der Waals surface area contributed by atoms with Crippen LogP contribution in [0.25, 0.3) is 0 Å². The van der Waals surface area contributed by atoms with Crippen LogP contribution in [0.5, 0.6) is 5.75 Å². The molecule has 1 heterocycles. The fraction of sp³-hybridized carbons (Fsp3) is 0.375. The van der Waals surface area contributed by atoms with Gasteiger partial charge in [-0.3, -0.25) is 14.9 Å². The van der Waals surface area contributed by atoms with E-state index in [2.05, 4.69) is 10.4 Å². The van der Waals surface area contributed by atoms with Gasteiger partial charge in [-0.1, -0.05) is 6.92 Å². The van der Waals surface area contributed by atoms with Crippen LogP contribution in [0.15, 0.2) is 30.5 Å². The summed E-state index contributed by atoms with van der Waals surface area (Å²) in [6, 6.07) is 4.56. The molecule has 0 radical (unpaired) electrons. The second-order valence-electron chi connectivity index (χ2n) is 5.54. The summed E-state index contributed by atoms with van der Waals surface area (Å²) >= 11 is 0. The zero-order valence-corrected chi connectivity index (χ0v) is 14.1. The van der Waals surface area contributed by atoms with Crippen molar-refractivity contribution in [1.29, 1.82) is 0 Å². The van der Waals surface area contributed by atoms with Crippen molar-refractivity contribution in [2.75, 3.05) is 5.32 Å². The second kappa shape index (κ2) is 7.73. The fourth-order valence-electron chi connectivity index (χ4n) is 2.14. The van der Waals surface area contributed by atoms with Crippen LogP contribution in [-0.2, 0) is 4.79 Å². The number of anilines is 1. The van der Waals surface area contributed by atoms with Crippen LogP contribution >= 0.6 is 0 Å². The van der Waals surface area contributed by atoms with Gasteiger partial charge in [0.2, 0.25) is 5.75 Å². The first-order chi connectivity index (χ1) is 11.8. The minimum Gasteiger partial charge on any atom is -0.474 e. The van der Waals surface area contributed by atoms with Crippen molar-refractivity contribution in [3.63, 3.8) is 0 Å². The van der Waals surface area contributed by atoms with Gasteiger partial charge in [-0.15, -0.1) is 0 Å². The lowest BCUT2D eigenvalue weighted by atomic mass is 10.2. The SMILES string of the molecule is CC[C@H](C)n1nccc1NC(=O)[C@H](C)Oc1cc(F)ccc1[N+](=O)[O-]. The van der Waals surface area contributed by atoms with E-state index in [1.165, 1.54) is 6.92 Å². The van der Waals surface area contributed by atoms with Crippen molar-refractivity contribution in [1.82, 2.24) is 9.78 Å². The molecule has 1 aromatic heterocycles. The highest BCUT2D eigenvalue weighted by Gasteiger charge is 2.23. The van der Waals surface area contributed by atoms with Gasteiger partial charge in [-0.05, 0) is 26.3 Å². The number of aromatic nitrogens is 2. The molecule has 1 N–H and O–H groups in total. The number of amides is 1. The minimum atomic E-state index is -1.07. The molecule has 8 nitrogen and oxygen atoms in total. The van der Waals surface area contributed by atoms with Gasteiger partial charge in [-0.2, -0.15) is 5.10 Å². The Kier molecular flexibility index (Phi) is 5.68. The molecule has 2 atom stereocenters. The standard InChI is InChI=1S/C16H19FN4O4/c1-4-10(2)20-15(7-8-18-20)19-16(22)11(3)25-14-9-12(17)5-6-13(14)21(23)24/h5-11H,4H2,1-3H3,(H,19,22)/t10-,11-/m0/s1. The van der Waals surface area contributed by atoms with Crippen molar-refractivity contribution in [3.8, 4) is 5.75 Å². The topological polar surface area (TPSA) is 99.3 Å². The largest absolute Gasteiger partial charge is 0.474 e. The highest BCUT2D eigenvalue weighted by atomic mass is 19.1. The smallest absolute Gasteiger partial charge is 0.311 e. The second-order valence-corrected chi connectivity index (χ2v) is 5.54. The van der Waals surface area contributed by atoms with Gasteiger partial charge in [0.25, 0.3) is 5.91 Å². The first-order valence-electron chi connectivity index (χ1n) is 7.78. The molecule has 1 aromatic carbocycles. The molecule has 0 aliphatic rings. The summed E-state index contributed by atoms with van der Waals surface area (Å²) in [4.78, 5) is 22.6. The lowest BCUT2D eigenvalue weighted by Crippen LogP contribution is -2.31. The molecule has 0 aliphatic heterocycles. The fourth-order valence-corrected chi connectivity index (χ4v) is 2.14. The first-order valence-corrected chi connectivity index (χ1v) is 7.78. The summed E-state index contributed by atoms with van der Waals surface area (Å²) in [5, 5.41) is 17.8. The highest BCUT2D eigenvalue weighted by molar-refractivity contribution is 5.93. The molecule has 0 spiro atoms. The summed E-state index contributed by atoms with van der Waals surface area (Å²) in [5.74, 6) is -1.03. The van der Waals surface area contributed by atoms with Crippen LogP contribution < -0.4 is 10.1 Å². The van der Waals surface area contributed by atoms with Crippen molar-refractivity contribution >= 4 is 17.4 Å². The van der Waals surface area contributed by atoms with E-state index in [0.717, 1.165) is 24.6 Å². The minimum absolute atomic E-state index is 0.0887. The molecule has 0 fully saturated rings. The maximum atomic E-state index is 13.3. The predicted octanol–water partition coefficient (Wildman–Crippen LogP) is 3.31. The number of hydrogen-bond acceptors (Lipinski definition) is 5. The molecule has 0 unspecified atom stereocenters. The zero-order valence-electron chi connectivity index (χ0n) is 14.1. The van der Waals surface area contributed by atoms with Crippen LogP contribution in [0.4, 0.5) is 15.9 Å². The number of nitro groups is 1. The van der Waals surface area contributed by atoms with Crippen molar-refractivity contribution < 1.29 is 18.8 Å². The Morgan fingerprint density at radius 1 is 1.44 bits per heavy atom. The highest BCUT2D eigenvalue weighted by Crippen LogP contribution is 2.28. The summed E-state index contributed by atoms with van der Waals surface area (Å²) in [6.07, 6.45) is 1.32. The molecule has 9 heteroatoms. The third kappa shape index (κ3) is 4.31. The Bertz CT molecular complexity index is 777. The summed E-state index contributed by atoms with van der Waals surface area (Å²) in [6.45, 7) is 5.37. The van der Waals surface area contributed by atoms with Crippen LogP contribution in [-0.4, -0.2) is 26.7 Å². The molecule has 1 amide bonds. The number of benzene rings is 1. The van der Waals surface area contributed by atoms with E-state index in [1.807, 2.05) is 13.8 Å². The summed E-state index contributed by atoms with van der Waals surface area (Å²) < 4.78 is 20.3. The third-order valence-electron chi connectivity index (χ3n) is 3.72. The number of nitro benzene ring substituents is 1. The van der Waals surface area contributed by atoms with E-state index < -0.39 is 28.4 Å². The zero-order chi connectivity index (χ0) is 18.6. The molecule has 0 saturated carbocycles. The molecule has 25 heavy (non-hydrogen) atoms. The van der Waals surface area contributed by atoms with Gasteiger partial charge in [0, 0.05) is 18.2 Å². The van der Waals surface area contributed by atoms with E-state index in [-0.39, 0.29) is 11.8 Å². The maximum absolute atomic E-state index is 13.3. The van der Waals surface area contributed by atoms with Gasteiger partial charge in [-0.25, -0.2) is 9.07 Å². The van der Waals surface area contributed by atoms with E-state index in [1.54, 1.807) is 16.9 Å². The average molecular weight is 350 g/mol. The summed E-state index contributed by atoms with van der Waals surface area (Å²) in [7, 11) is 0. The van der Waals surface area contributed by atoms with Crippen LogP contribution in [0.3, 0.4) is 0 Å². The monoisotopic (exact) mass is 350 g/mol. The molecule has 0 bridgehead atoms. The Morgan fingerprint density at radius 3 is 2.80 bits per heavy atom. The van der Waals surface area contributed by atoms with Gasteiger partial charge < -0.3 is 10.1 Å². The molecule has 134 valence electrons. The van der Waals surface area contributed by atoms with Gasteiger partial charge >= 0.3 is 5.69 Å². The van der Waals surface area contributed by atoms with Crippen molar-refractivity contribution in [3.05, 3.63) is 46.4 Å². The average Bonchev–Trinajstić information content (AvgIpc) is 3.01. The number of ether oxygens (including phenoxy) is 1. The number of hydrogen-bond donors (Lipinski definition) is 1. The van der Waals surface area contributed by atoms with E-state index in [0.29, 0.717) is 5.82 Å². The van der Waals surface area contributed by atoms with Crippen molar-refractivity contribution in [2.24, 2.45) is 0 Å². The molecule has 0 saturated heterocycles. The third-order valence-corrected chi connectivity index (χ3v) is 3.72. The van der Waals surface area contributed by atoms with Crippen molar-refractivity contribution in [2.45, 2.75) is 39.3 Å². The molecule has 2 aromatic rings. The summed E-state index contributed by atoms with van der Waals surface area (Å²) in [5.41, 5.74) is -0.411. The van der Waals surface area contributed by atoms with Gasteiger partial charge in [0.15, 0.2) is 6.10 Å². The van der Waals surface area contributed by atoms with Gasteiger partial charge in [0.1, 0.15) is 11.6 Å². The molecule has 2 rings (SSSR count). The number of nitrogens with zero attached hydrogens (tertiary/aromatic N) is 3. The lowest BCUT2D eigenvalue weighted by Gasteiger charge is -2.17.